The Morgan fingerprint density at radius 1 is 1.29 bits per heavy atom. The number of allylic oxidation sites excluding steroid dienone is 2. The van der Waals surface area contributed by atoms with Crippen LogP contribution in [0.2, 0.25) is 0 Å². The van der Waals surface area contributed by atoms with E-state index in [1.54, 1.807) is 0 Å². The van der Waals surface area contributed by atoms with Gasteiger partial charge in [-0.2, -0.15) is 0 Å². The predicted octanol–water partition coefficient (Wildman–Crippen LogP) is 1.95. The van der Waals surface area contributed by atoms with E-state index < -0.39 is 63.6 Å². The second kappa shape index (κ2) is 8.46. The van der Waals surface area contributed by atoms with Gasteiger partial charge in [0.15, 0.2) is 11.4 Å². The lowest BCUT2D eigenvalue weighted by Gasteiger charge is -2.45. The summed E-state index contributed by atoms with van der Waals surface area (Å²) >= 11 is 0. The van der Waals surface area contributed by atoms with Crippen molar-refractivity contribution in [2.45, 2.75) is 57.7 Å². The van der Waals surface area contributed by atoms with Crippen LogP contribution in [0, 0.1) is 17.7 Å². The molecule has 6 N–H and O–H groups in total. The fourth-order valence-corrected chi connectivity index (χ4v) is 5.57. The Labute approximate surface area is 201 Å². The number of phenolic OH excluding ortho intramolecular Hbond substituents is 1. The van der Waals surface area contributed by atoms with E-state index in [-0.39, 0.29) is 54.1 Å². The van der Waals surface area contributed by atoms with E-state index >= 15 is 4.39 Å². The van der Waals surface area contributed by atoms with Crippen molar-refractivity contribution in [2.75, 3.05) is 7.05 Å². The van der Waals surface area contributed by atoms with E-state index in [0.717, 1.165) is 6.42 Å². The molecule has 0 aliphatic heterocycles. The summed E-state index contributed by atoms with van der Waals surface area (Å²) < 4.78 is 15.6. The average molecular weight is 489 g/mol. The molecule has 0 saturated carbocycles. The van der Waals surface area contributed by atoms with Crippen LogP contribution < -0.4 is 5.73 Å². The highest BCUT2D eigenvalue weighted by molar-refractivity contribution is 6.24. The van der Waals surface area contributed by atoms with Crippen molar-refractivity contribution >= 4 is 17.5 Å². The molecule has 0 bridgehead atoms. The topological polar surface area (TPSA) is 161 Å². The second-order valence-corrected chi connectivity index (χ2v) is 9.81. The molecule has 0 heterocycles. The zero-order valence-electron chi connectivity index (χ0n) is 19.8. The third-order valence-corrected chi connectivity index (χ3v) is 7.83. The summed E-state index contributed by atoms with van der Waals surface area (Å²) in [4.78, 5) is 39.9. The number of Topliss-reactive ketones (excluding diaryl/α,β-unsaturated/α-hetero) is 2. The molecule has 3 aliphatic rings. The van der Waals surface area contributed by atoms with Crippen LogP contribution in [0.1, 0.15) is 54.6 Å². The number of nitrogens with zero attached hydrogens (tertiary/aromatic N) is 1. The van der Waals surface area contributed by atoms with Gasteiger partial charge in [-0.05, 0) is 45.2 Å². The first-order valence-electron chi connectivity index (χ1n) is 11.5. The summed E-state index contributed by atoms with van der Waals surface area (Å²) in [6, 6.07) is 1.34. The summed E-state index contributed by atoms with van der Waals surface area (Å²) in [6.45, 7) is 4.20. The molecule has 9 nitrogen and oxygen atoms in total. The number of phenols is 1. The molecule has 0 saturated heterocycles. The number of benzene rings is 1. The number of halogens is 1. The molecular weight excluding hydrogens is 459 g/mol. The van der Waals surface area contributed by atoms with Gasteiger partial charge in [0.25, 0.3) is 5.91 Å². The summed E-state index contributed by atoms with van der Waals surface area (Å²) in [6.07, 6.45) is 0.405. The fraction of sp³-hybridized carbons (Fsp3) is 0.480. The predicted molar refractivity (Wildman–Crippen MR) is 122 cm³/mol. The van der Waals surface area contributed by atoms with Crippen LogP contribution in [0.15, 0.2) is 28.7 Å². The number of primary amides is 1. The van der Waals surface area contributed by atoms with Crippen molar-refractivity contribution in [3.05, 3.63) is 51.2 Å². The maximum atomic E-state index is 15.6. The second-order valence-electron chi connectivity index (χ2n) is 9.81. The molecule has 4 atom stereocenters. The fourth-order valence-electron chi connectivity index (χ4n) is 5.57. The van der Waals surface area contributed by atoms with Gasteiger partial charge in [-0.1, -0.05) is 6.92 Å². The van der Waals surface area contributed by atoms with Crippen molar-refractivity contribution in [2.24, 2.45) is 17.6 Å². The molecule has 0 spiro atoms. The van der Waals surface area contributed by atoms with Gasteiger partial charge in [-0.3, -0.25) is 19.3 Å². The van der Waals surface area contributed by atoms with E-state index in [9.17, 15) is 34.8 Å². The van der Waals surface area contributed by atoms with E-state index in [1.807, 2.05) is 25.8 Å². The quantitative estimate of drug-likeness (QED) is 0.393. The van der Waals surface area contributed by atoms with Crippen LogP contribution in [-0.4, -0.2) is 61.5 Å². The van der Waals surface area contributed by atoms with Crippen molar-refractivity contribution < 1.29 is 39.2 Å². The van der Waals surface area contributed by atoms with E-state index in [2.05, 4.69) is 0 Å². The number of hydrogen-bond donors (Lipinski definition) is 5. The Morgan fingerprint density at radius 3 is 2.54 bits per heavy atom. The molecule has 1 amide bonds. The molecule has 10 heteroatoms. The van der Waals surface area contributed by atoms with Gasteiger partial charge in [-0.25, -0.2) is 4.39 Å². The zero-order valence-corrected chi connectivity index (χ0v) is 19.8. The number of ketones is 2. The molecule has 1 aromatic rings. The van der Waals surface area contributed by atoms with Crippen LogP contribution in [0.4, 0.5) is 4.39 Å². The molecule has 188 valence electrons. The lowest BCUT2D eigenvalue weighted by Crippen LogP contribution is -2.57. The first-order chi connectivity index (χ1) is 16.3. The van der Waals surface area contributed by atoms with Gasteiger partial charge in [0.05, 0.1) is 5.56 Å². The number of aliphatic hydroxyl groups is 3. The third-order valence-electron chi connectivity index (χ3n) is 7.83. The minimum Gasteiger partial charge on any atom is -0.511 e. The number of rotatable bonds is 5. The Morgan fingerprint density at radius 2 is 1.94 bits per heavy atom. The smallest absolute Gasteiger partial charge is 0.255 e. The number of hydrogen-bond acceptors (Lipinski definition) is 8. The first kappa shape index (κ1) is 24.9. The molecule has 4 rings (SSSR count). The molecule has 3 aliphatic carbocycles. The number of carbonyl (C=O) groups excluding carboxylic acids is 3. The van der Waals surface area contributed by atoms with E-state index in [4.69, 9.17) is 5.73 Å². The molecular formula is C25H29FN2O7. The maximum absolute atomic E-state index is 15.6. The number of fused-ring (bicyclic) bond motifs is 3. The molecule has 0 radical (unpaired) electrons. The van der Waals surface area contributed by atoms with Gasteiger partial charge >= 0.3 is 0 Å². The normalized spacial score (nSPS) is 27.0. The van der Waals surface area contributed by atoms with Crippen molar-refractivity contribution in [3.8, 4) is 5.75 Å². The summed E-state index contributed by atoms with van der Waals surface area (Å²) in [5.74, 6) is -7.93. The van der Waals surface area contributed by atoms with Crippen LogP contribution in [-0.2, 0) is 22.6 Å². The molecule has 35 heavy (non-hydrogen) atoms. The molecule has 1 unspecified atom stereocenters. The Bertz CT molecular complexity index is 1220. The van der Waals surface area contributed by atoms with E-state index in [1.165, 1.54) is 6.07 Å². The molecule has 0 fully saturated rings. The highest BCUT2D eigenvalue weighted by Gasteiger charge is 2.59. The maximum Gasteiger partial charge on any atom is 0.255 e. The van der Waals surface area contributed by atoms with Gasteiger partial charge in [0.1, 0.15) is 28.7 Å². The van der Waals surface area contributed by atoms with Crippen molar-refractivity contribution in [3.63, 3.8) is 0 Å². The zero-order chi connectivity index (χ0) is 26.0. The SMILES string of the molecule is CC[C@@H](C)N(C)Cc1cc(O)c2c(c1F)CC1C[C@H]3CC(O)=C(C(N)=O)C(=O)[C@@]3(O)C(O)=C1C2=O. The third kappa shape index (κ3) is 3.54. The summed E-state index contributed by atoms with van der Waals surface area (Å²) in [7, 11) is 1.83. The minimum atomic E-state index is -2.64. The van der Waals surface area contributed by atoms with Crippen LogP contribution in [0.25, 0.3) is 0 Å². The van der Waals surface area contributed by atoms with E-state index in [0.29, 0.717) is 0 Å². The van der Waals surface area contributed by atoms with Crippen LogP contribution >= 0.6 is 0 Å². The average Bonchev–Trinajstić information content (AvgIpc) is 2.78. The van der Waals surface area contributed by atoms with Crippen molar-refractivity contribution in [1.82, 2.24) is 4.90 Å². The number of aliphatic hydroxyl groups excluding tert-OH is 2. The number of amides is 1. The van der Waals surface area contributed by atoms with Crippen LogP contribution in [0.3, 0.4) is 0 Å². The van der Waals surface area contributed by atoms with Gasteiger partial charge in [-0.15, -0.1) is 0 Å². The minimum absolute atomic E-state index is 0.00858. The Balaban J connectivity index is 1.81. The lowest BCUT2D eigenvalue weighted by molar-refractivity contribution is -0.144. The largest absolute Gasteiger partial charge is 0.511 e. The monoisotopic (exact) mass is 488 g/mol. The van der Waals surface area contributed by atoms with Crippen molar-refractivity contribution in [1.29, 1.82) is 0 Å². The summed E-state index contributed by atoms with van der Waals surface area (Å²) in [5.41, 5.74) is 1.30. The molecule has 1 aromatic carbocycles. The Hall–Kier alpha value is -3.24. The van der Waals surface area contributed by atoms with Gasteiger partial charge in [0.2, 0.25) is 5.78 Å². The number of aromatic hydroxyl groups is 1. The lowest BCUT2D eigenvalue weighted by atomic mass is 9.60. The standard InChI is InChI=1S/C25H29FN2O7/c1-4-10(2)28(3)9-12-7-15(29)18-14(20(12)26)6-11-5-13-8-16(30)19(24(27)34)23(33)25(13,35)22(32)17(11)21(18)31/h7,10-11,13,29-30,32,35H,4-6,8-9H2,1-3H3,(H2,27,34)/t10-,11?,13+,25+/m1/s1. The number of carbonyl (C=O) groups is 3. The first-order valence-corrected chi connectivity index (χ1v) is 11.5. The highest BCUT2D eigenvalue weighted by Crippen LogP contribution is 2.51. The Kier molecular flexibility index (Phi) is 6.01. The molecule has 0 aromatic heterocycles. The van der Waals surface area contributed by atoms with Gasteiger partial charge in [0, 0.05) is 41.6 Å². The van der Waals surface area contributed by atoms with Crippen LogP contribution in [0.5, 0.6) is 5.75 Å². The van der Waals surface area contributed by atoms with Gasteiger partial charge < -0.3 is 26.2 Å². The highest BCUT2D eigenvalue weighted by atomic mass is 19.1. The summed E-state index contributed by atoms with van der Waals surface area (Å²) in [5, 5.41) is 43.1. The number of nitrogens with two attached hydrogens (primary N) is 1.